The highest BCUT2D eigenvalue weighted by atomic mass is 35.5. The Kier molecular flexibility index (Phi) is 6.36. The molecule has 0 radical (unpaired) electrons. The standard InChI is InChI=1S/C22H19ClFN5O4/c1-14-12-27(8-9-28(14)22(30)15-2-5-17(6-3-15)29(31)32)20-11-21(26-13-25-20)33-19-7-4-16(24)10-18(19)23/h2-7,10-11,13-14H,8-9,12H2,1H3/t14-/m0/s1. The molecule has 0 aliphatic carbocycles. The fourth-order valence-electron chi connectivity index (χ4n) is 3.59. The molecule has 0 saturated carbocycles. The zero-order valence-electron chi connectivity index (χ0n) is 17.5. The summed E-state index contributed by atoms with van der Waals surface area (Å²) in [4.78, 5) is 35.4. The second kappa shape index (κ2) is 9.37. The predicted octanol–water partition coefficient (Wildman–Crippen LogP) is 4.32. The monoisotopic (exact) mass is 471 g/mol. The highest BCUT2D eigenvalue weighted by Gasteiger charge is 2.29. The van der Waals surface area contributed by atoms with Crippen LogP contribution in [0.5, 0.6) is 11.6 Å². The van der Waals surface area contributed by atoms with Crippen molar-refractivity contribution in [3.8, 4) is 11.6 Å². The molecule has 1 saturated heterocycles. The maximum Gasteiger partial charge on any atom is 0.269 e. The Hall–Kier alpha value is -3.79. The topological polar surface area (TPSA) is 102 Å². The number of aromatic nitrogens is 2. The number of anilines is 1. The van der Waals surface area contributed by atoms with Crippen molar-refractivity contribution < 1.29 is 18.8 Å². The van der Waals surface area contributed by atoms with Crippen LogP contribution in [0.4, 0.5) is 15.9 Å². The zero-order valence-corrected chi connectivity index (χ0v) is 18.3. The van der Waals surface area contributed by atoms with Gasteiger partial charge in [0, 0.05) is 49.4 Å². The molecule has 1 aliphatic rings. The number of non-ortho nitro benzene ring substituents is 1. The lowest BCUT2D eigenvalue weighted by atomic mass is 10.1. The SMILES string of the molecule is C[C@H]1CN(c2cc(Oc3ccc(F)cc3Cl)ncn2)CCN1C(=O)c1ccc([N+](=O)[O-])cc1. The third kappa shape index (κ3) is 5.01. The van der Waals surface area contributed by atoms with E-state index in [0.29, 0.717) is 31.0 Å². The quantitative estimate of drug-likeness (QED) is 0.403. The molecule has 2 aromatic carbocycles. The Morgan fingerprint density at radius 2 is 1.94 bits per heavy atom. The molecule has 0 N–H and O–H groups in total. The van der Waals surface area contributed by atoms with E-state index in [2.05, 4.69) is 9.97 Å². The number of ether oxygens (including phenoxy) is 1. The summed E-state index contributed by atoms with van der Waals surface area (Å²) < 4.78 is 18.9. The van der Waals surface area contributed by atoms with Gasteiger partial charge in [-0.25, -0.2) is 14.4 Å². The van der Waals surface area contributed by atoms with Crippen molar-refractivity contribution in [1.29, 1.82) is 0 Å². The molecule has 0 spiro atoms. The van der Waals surface area contributed by atoms with Crippen LogP contribution in [0, 0.1) is 15.9 Å². The van der Waals surface area contributed by atoms with Crippen LogP contribution in [0.3, 0.4) is 0 Å². The van der Waals surface area contributed by atoms with Crippen LogP contribution in [0.25, 0.3) is 0 Å². The van der Waals surface area contributed by atoms with Crippen LogP contribution in [0.1, 0.15) is 17.3 Å². The van der Waals surface area contributed by atoms with E-state index >= 15 is 0 Å². The Morgan fingerprint density at radius 3 is 2.61 bits per heavy atom. The van der Waals surface area contributed by atoms with Crippen molar-refractivity contribution >= 4 is 29.0 Å². The molecule has 1 atom stereocenters. The van der Waals surface area contributed by atoms with Crippen LogP contribution in [-0.4, -0.2) is 51.4 Å². The number of nitrogens with zero attached hydrogens (tertiary/aromatic N) is 5. The Bertz CT molecular complexity index is 1190. The molecule has 9 nitrogen and oxygen atoms in total. The Labute approximate surface area is 193 Å². The van der Waals surface area contributed by atoms with E-state index in [9.17, 15) is 19.3 Å². The van der Waals surface area contributed by atoms with E-state index < -0.39 is 10.7 Å². The first-order valence-corrected chi connectivity index (χ1v) is 10.4. The lowest BCUT2D eigenvalue weighted by molar-refractivity contribution is -0.384. The molecule has 3 aromatic rings. The van der Waals surface area contributed by atoms with E-state index in [-0.39, 0.29) is 34.3 Å². The highest BCUT2D eigenvalue weighted by Crippen LogP contribution is 2.30. The molecule has 2 heterocycles. The third-order valence-electron chi connectivity index (χ3n) is 5.27. The van der Waals surface area contributed by atoms with E-state index in [1.165, 1.54) is 42.7 Å². The Morgan fingerprint density at radius 1 is 1.18 bits per heavy atom. The second-order valence-corrected chi connectivity index (χ2v) is 7.90. The van der Waals surface area contributed by atoms with Gasteiger partial charge in [0.15, 0.2) is 0 Å². The number of hydrogen-bond donors (Lipinski definition) is 0. The number of nitro benzene ring substituents is 1. The summed E-state index contributed by atoms with van der Waals surface area (Å²) in [6.45, 7) is 3.41. The number of piperazine rings is 1. The van der Waals surface area contributed by atoms with Crippen molar-refractivity contribution in [3.05, 3.63) is 81.4 Å². The summed E-state index contributed by atoms with van der Waals surface area (Å²) in [5.41, 5.74) is 0.336. The number of carbonyl (C=O) groups is 1. The number of hydrogen-bond acceptors (Lipinski definition) is 7. The molecule has 1 aliphatic heterocycles. The van der Waals surface area contributed by atoms with Gasteiger partial charge in [-0.05, 0) is 37.3 Å². The van der Waals surface area contributed by atoms with Gasteiger partial charge in [-0.15, -0.1) is 0 Å². The van der Waals surface area contributed by atoms with Gasteiger partial charge in [-0.3, -0.25) is 14.9 Å². The fraction of sp³-hybridized carbons (Fsp3) is 0.227. The molecule has 33 heavy (non-hydrogen) atoms. The maximum absolute atomic E-state index is 13.2. The highest BCUT2D eigenvalue weighted by molar-refractivity contribution is 6.32. The van der Waals surface area contributed by atoms with E-state index in [4.69, 9.17) is 16.3 Å². The zero-order chi connectivity index (χ0) is 23.5. The van der Waals surface area contributed by atoms with Gasteiger partial charge in [0.2, 0.25) is 5.88 Å². The summed E-state index contributed by atoms with van der Waals surface area (Å²) in [5, 5.41) is 11.0. The minimum absolute atomic E-state index is 0.0619. The second-order valence-electron chi connectivity index (χ2n) is 7.49. The van der Waals surface area contributed by atoms with Crippen molar-refractivity contribution in [2.75, 3.05) is 24.5 Å². The van der Waals surface area contributed by atoms with Crippen molar-refractivity contribution in [2.45, 2.75) is 13.0 Å². The first-order chi connectivity index (χ1) is 15.8. The molecular weight excluding hydrogens is 453 g/mol. The average Bonchev–Trinajstić information content (AvgIpc) is 2.80. The normalized spacial score (nSPS) is 15.9. The number of amides is 1. The number of halogens is 2. The van der Waals surface area contributed by atoms with Crippen LogP contribution in [-0.2, 0) is 0 Å². The molecule has 1 aromatic heterocycles. The van der Waals surface area contributed by atoms with Crippen molar-refractivity contribution in [3.63, 3.8) is 0 Å². The molecular formula is C22H19ClFN5O4. The summed E-state index contributed by atoms with van der Waals surface area (Å²) >= 11 is 6.02. The molecule has 11 heteroatoms. The minimum Gasteiger partial charge on any atom is -0.437 e. The average molecular weight is 472 g/mol. The summed E-state index contributed by atoms with van der Waals surface area (Å²) in [6, 6.07) is 10.9. The molecule has 1 fully saturated rings. The number of benzene rings is 2. The summed E-state index contributed by atoms with van der Waals surface area (Å²) in [7, 11) is 0. The lowest BCUT2D eigenvalue weighted by Crippen LogP contribution is -2.54. The predicted molar refractivity (Wildman–Crippen MR) is 119 cm³/mol. The van der Waals surface area contributed by atoms with E-state index in [1.807, 2.05) is 11.8 Å². The smallest absolute Gasteiger partial charge is 0.269 e. The van der Waals surface area contributed by atoms with Gasteiger partial charge in [0.1, 0.15) is 23.7 Å². The van der Waals surface area contributed by atoms with Crippen molar-refractivity contribution in [2.24, 2.45) is 0 Å². The fourth-order valence-corrected chi connectivity index (χ4v) is 3.79. The van der Waals surface area contributed by atoms with Gasteiger partial charge in [-0.2, -0.15) is 0 Å². The lowest BCUT2D eigenvalue weighted by Gasteiger charge is -2.40. The maximum atomic E-state index is 13.2. The van der Waals surface area contributed by atoms with Crippen LogP contribution in [0.2, 0.25) is 5.02 Å². The third-order valence-corrected chi connectivity index (χ3v) is 5.57. The first-order valence-electron chi connectivity index (χ1n) is 10.1. The molecule has 170 valence electrons. The van der Waals surface area contributed by atoms with Gasteiger partial charge >= 0.3 is 0 Å². The van der Waals surface area contributed by atoms with E-state index in [1.54, 1.807) is 11.0 Å². The largest absolute Gasteiger partial charge is 0.437 e. The van der Waals surface area contributed by atoms with Gasteiger partial charge in [0.25, 0.3) is 11.6 Å². The number of carbonyl (C=O) groups excluding carboxylic acids is 1. The molecule has 4 rings (SSSR count). The molecule has 0 bridgehead atoms. The van der Waals surface area contributed by atoms with Gasteiger partial charge in [0.05, 0.1) is 9.95 Å². The summed E-state index contributed by atoms with van der Waals surface area (Å²) in [6.07, 6.45) is 1.36. The molecule has 1 amide bonds. The van der Waals surface area contributed by atoms with Crippen molar-refractivity contribution in [1.82, 2.24) is 14.9 Å². The van der Waals surface area contributed by atoms with Crippen LogP contribution >= 0.6 is 11.6 Å². The number of nitro groups is 1. The number of rotatable bonds is 5. The van der Waals surface area contributed by atoms with Crippen LogP contribution < -0.4 is 9.64 Å². The van der Waals surface area contributed by atoms with Crippen LogP contribution in [0.15, 0.2) is 54.9 Å². The Balaban J connectivity index is 1.43. The first kappa shape index (κ1) is 22.4. The molecule has 0 unspecified atom stereocenters. The van der Waals surface area contributed by atoms with Gasteiger partial charge in [-0.1, -0.05) is 11.6 Å². The van der Waals surface area contributed by atoms with E-state index in [0.717, 1.165) is 6.07 Å². The minimum atomic E-state index is -0.501. The van der Waals surface area contributed by atoms with Gasteiger partial charge < -0.3 is 14.5 Å². The summed E-state index contributed by atoms with van der Waals surface area (Å²) in [5.74, 6) is 0.494.